The normalized spacial score (nSPS) is 13.9. The molecule has 0 spiro atoms. The number of rotatable bonds is 23. The summed E-state index contributed by atoms with van der Waals surface area (Å²) in [7, 11) is 0. The largest absolute Gasteiger partial charge is 0.480 e. The molecule has 61 heavy (non-hydrogen) atoms. The summed E-state index contributed by atoms with van der Waals surface area (Å²) in [5.74, 6) is -5.99. The van der Waals surface area contributed by atoms with Crippen LogP contribution < -0.4 is 43.4 Å². The van der Waals surface area contributed by atoms with E-state index in [4.69, 9.17) is 11.5 Å². The quantitative estimate of drug-likeness (QED) is 0.0282. The Morgan fingerprint density at radius 3 is 2.00 bits per heavy atom. The second-order valence-corrected chi connectivity index (χ2v) is 15.5. The molecule has 0 saturated carbocycles. The van der Waals surface area contributed by atoms with Crippen LogP contribution in [0.25, 0.3) is 10.9 Å². The molecule has 6 amide bonds. The van der Waals surface area contributed by atoms with Crippen LogP contribution in [0.3, 0.4) is 0 Å². The van der Waals surface area contributed by atoms with Crippen LogP contribution in [0.2, 0.25) is 0 Å². The number of aromatic nitrogens is 1. The highest BCUT2D eigenvalue weighted by molar-refractivity contribution is 6.01. The number of amides is 6. The number of aromatic amines is 1. The van der Waals surface area contributed by atoms with E-state index in [9.17, 15) is 38.7 Å². The molecule has 2 aromatic carbocycles. The van der Waals surface area contributed by atoms with Crippen molar-refractivity contribution >= 4 is 58.3 Å². The Hall–Kier alpha value is -6.72. The van der Waals surface area contributed by atoms with Crippen LogP contribution >= 0.6 is 0 Å². The predicted octanol–water partition coefficient (Wildman–Crippen LogP) is 1.26. The van der Waals surface area contributed by atoms with Gasteiger partial charge in [0.2, 0.25) is 29.5 Å². The van der Waals surface area contributed by atoms with Gasteiger partial charge >= 0.3 is 5.97 Å². The zero-order valence-electron chi connectivity index (χ0n) is 35.5. The number of carboxylic acid groups (broad SMARTS) is 1. The number of carbonyl (C=O) groups excluding carboxylic acids is 6. The summed E-state index contributed by atoms with van der Waals surface area (Å²) in [6.45, 7) is 10.1. The molecule has 0 radical (unpaired) electrons. The van der Waals surface area contributed by atoms with E-state index >= 15 is 0 Å². The molecule has 0 fully saturated rings. The van der Waals surface area contributed by atoms with E-state index < -0.39 is 77.5 Å². The fraction of sp³-hybridized carbons (Fsp3) is 0.442. The molecule has 1 heterocycles. The van der Waals surface area contributed by atoms with Crippen LogP contribution in [0.1, 0.15) is 71.9 Å². The molecule has 0 unspecified atom stereocenters. The Morgan fingerprint density at radius 2 is 1.39 bits per heavy atom. The molecule has 330 valence electrons. The number of guanidine groups is 1. The van der Waals surface area contributed by atoms with Crippen LogP contribution in [0.5, 0.6) is 0 Å². The van der Waals surface area contributed by atoms with Gasteiger partial charge in [-0.15, -0.1) is 0 Å². The number of aliphatic carboxylic acids is 1. The van der Waals surface area contributed by atoms with Crippen LogP contribution in [0, 0.1) is 11.8 Å². The molecular weight excluding hydrogens is 785 g/mol. The van der Waals surface area contributed by atoms with E-state index in [-0.39, 0.29) is 49.8 Å². The topological polar surface area (TPSA) is 292 Å². The van der Waals surface area contributed by atoms with Crippen molar-refractivity contribution in [2.45, 2.75) is 104 Å². The van der Waals surface area contributed by atoms with Crippen molar-refractivity contribution in [1.29, 1.82) is 0 Å². The number of hydrogen-bond donors (Lipinski definition) is 10. The molecule has 18 heteroatoms. The van der Waals surface area contributed by atoms with Gasteiger partial charge in [-0.3, -0.25) is 33.8 Å². The lowest BCUT2D eigenvalue weighted by molar-refractivity contribution is -0.141. The number of carbonyl (C=O) groups is 7. The van der Waals surface area contributed by atoms with Gasteiger partial charge in [0.1, 0.15) is 35.9 Å². The van der Waals surface area contributed by atoms with Crippen molar-refractivity contribution in [3.63, 3.8) is 0 Å². The SMILES string of the molecule is C/C=C(/NC(=O)[C@H](Cc1ccccc1)NC(=O)[C@H](NC(=O)[C@@H](CCCN=C(N)N)NC(=O)[C@@H](CC(C)C)NC(C)=O)C(C)C)C(=O)N[C@H](Cc1c[nH]c2ccccc12)C(=O)O. The van der Waals surface area contributed by atoms with Crippen molar-refractivity contribution in [2.24, 2.45) is 28.3 Å². The third-order valence-corrected chi connectivity index (χ3v) is 9.64. The van der Waals surface area contributed by atoms with Crippen LogP contribution in [0.15, 0.2) is 77.6 Å². The van der Waals surface area contributed by atoms with E-state index in [1.807, 2.05) is 38.1 Å². The highest BCUT2D eigenvalue weighted by Crippen LogP contribution is 2.19. The average Bonchev–Trinajstić information content (AvgIpc) is 3.61. The first-order chi connectivity index (χ1) is 28.9. The molecule has 18 nitrogen and oxygen atoms in total. The van der Waals surface area contributed by atoms with E-state index in [2.05, 4.69) is 41.9 Å². The molecule has 0 bridgehead atoms. The summed E-state index contributed by atoms with van der Waals surface area (Å²) in [4.78, 5) is 100. The lowest BCUT2D eigenvalue weighted by Gasteiger charge is -2.28. The number of aliphatic imine (C=N–C) groups is 1. The summed E-state index contributed by atoms with van der Waals surface area (Å²) in [6, 6.07) is 10.2. The second-order valence-electron chi connectivity index (χ2n) is 15.5. The molecule has 0 aliphatic heterocycles. The van der Waals surface area contributed by atoms with Gasteiger partial charge in [-0.1, -0.05) is 82.3 Å². The van der Waals surface area contributed by atoms with Crippen LogP contribution in [-0.4, -0.2) is 94.2 Å². The van der Waals surface area contributed by atoms with E-state index in [0.717, 1.165) is 10.9 Å². The van der Waals surface area contributed by atoms with E-state index in [0.29, 0.717) is 17.5 Å². The number of H-pyrrole nitrogens is 1. The second kappa shape index (κ2) is 23.8. The summed E-state index contributed by atoms with van der Waals surface area (Å²) >= 11 is 0. The molecule has 0 aliphatic rings. The van der Waals surface area contributed by atoms with Gasteiger partial charge in [0.25, 0.3) is 5.91 Å². The maximum Gasteiger partial charge on any atom is 0.326 e. The number of hydrogen-bond acceptors (Lipinski definition) is 8. The molecular formula is C43H60N10O8. The van der Waals surface area contributed by atoms with Gasteiger partial charge in [0, 0.05) is 43.4 Å². The first-order valence-electron chi connectivity index (χ1n) is 20.2. The Morgan fingerprint density at radius 1 is 0.754 bits per heavy atom. The molecule has 1 aromatic heterocycles. The van der Waals surface area contributed by atoms with Crippen molar-refractivity contribution in [3.05, 3.63) is 83.7 Å². The first kappa shape index (κ1) is 48.6. The third-order valence-electron chi connectivity index (χ3n) is 9.64. The van der Waals surface area contributed by atoms with Gasteiger partial charge < -0.3 is 53.5 Å². The van der Waals surface area contributed by atoms with Crippen LogP contribution in [-0.2, 0) is 46.4 Å². The van der Waals surface area contributed by atoms with Crippen LogP contribution in [0.4, 0.5) is 0 Å². The number of para-hydroxylation sites is 1. The van der Waals surface area contributed by atoms with Gasteiger partial charge in [-0.25, -0.2) is 4.79 Å². The highest BCUT2D eigenvalue weighted by Gasteiger charge is 2.33. The molecule has 12 N–H and O–H groups in total. The van der Waals surface area contributed by atoms with Crippen molar-refractivity contribution in [2.75, 3.05) is 6.54 Å². The van der Waals surface area contributed by atoms with Gasteiger partial charge in [0.05, 0.1) is 0 Å². The minimum Gasteiger partial charge on any atom is -0.480 e. The van der Waals surface area contributed by atoms with E-state index in [1.54, 1.807) is 50.4 Å². The number of allylic oxidation sites excluding steroid dienone is 1. The fourth-order valence-corrected chi connectivity index (χ4v) is 6.54. The predicted molar refractivity (Wildman–Crippen MR) is 231 cm³/mol. The Kier molecular flexibility index (Phi) is 19.0. The standard InChI is InChI=1S/C43H60N10O8/c1-7-30(37(55)52-35(42(60)61)22-28-23-47-31-17-12-11-16-29(28)31)49-40(58)34(21-27-14-9-8-10-15-27)51-41(59)36(25(4)5)53-38(56)32(18-13-19-46-43(44)45)50-39(57)33(20-24(2)3)48-26(6)54/h7-12,14-17,23-25,32-36,47H,13,18-22H2,1-6H3,(H,48,54)(H,49,58)(H,50,57)(H,51,59)(H,52,55)(H,53,56)(H,60,61)(H4,44,45,46)/b30-7+/t32-,33-,34+,35-,36-/m1/s1. The number of nitrogens with two attached hydrogens (primary N) is 2. The monoisotopic (exact) mass is 844 g/mol. The smallest absolute Gasteiger partial charge is 0.326 e. The summed E-state index contributed by atoms with van der Waals surface area (Å²) in [5, 5.41) is 26.7. The summed E-state index contributed by atoms with van der Waals surface area (Å²) in [5.41, 5.74) is 12.8. The first-order valence-corrected chi connectivity index (χ1v) is 20.2. The van der Waals surface area contributed by atoms with Gasteiger partial charge in [0.15, 0.2) is 5.96 Å². The van der Waals surface area contributed by atoms with E-state index in [1.165, 1.54) is 19.9 Å². The lowest BCUT2D eigenvalue weighted by atomic mass is 9.99. The minimum absolute atomic E-state index is 0.0159. The molecule has 0 aliphatic carbocycles. The maximum absolute atomic E-state index is 14.1. The number of carboxylic acids is 1. The minimum atomic E-state index is -1.35. The van der Waals surface area contributed by atoms with Crippen molar-refractivity contribution in [3.8, 4) is 0 Å². The van der Waals surface area contributed by atoms with Gasteiger partial charge in [-0.2, -0.15) is 0 Å². The molecule has 5 atom stereocenters. The number of benzene rings is 2. The average molecular weight is 845 g/mol. The Labute approximate surface area is 355 Å². The van der Waals surface area contributed by atoms with Gasteiger partial charge in [-0.05, 0) is 55.2 Å². The molecule has 3 rings (SSSR count). The zero-order valence-corrected chi connectivity index (χ0v) is 35.5. The Bertz CT molecular complexity index is 2060. The molecule has 0 saturated heterocycles. The molecule has 3 aromatic rings. The number of nitrogens with one attached hydrogen (secondary N) is 7. The highest BCUT2D eigenvalue weighted by atomic mass is 16.4. The summed E-state index contributed by atoms with van der Waals surface area (Å²) in [6.07, 6.45) is 3.59. The fourth-order valence-electron chi connectivity index (χ4n) is 6.54. The van der Waals surface area contributed by atoms with Crippen molar-refractivity contribution in [1.82, 2.24) is 36.9 Å². The lowest BCUT2D eigenvalue weighted by Crippen LogP contribution is -2.59. The maximum atomic E-state index is 14.1. The number of fused-ring (bicyclic) bond motifs is 1. The third kappa shape index (κ3) is 15.8. The Balaban J connectivity index is 1.82. The van der Waals surface area contributed by atoms with Crippen molar-refractivity contribution < 1.29 is 38.7 Å². The summed E-state index contributed by atoms with van der Waals surface area (Å²) < 4.78 is 0. The zero-order chi connectivity index (χ0) is 45.2. The number of nitrogens with zero attached hydrogens (tertiary/aromatic N) is 1.